The molecule has 1 aromatic carbocycles. The molecule has 20 heavy (non-hydrogen) atoms. The number of nitrogens with one attached hydrogen (secondary N) is 1. The van der Waals surface area contributed by atoms with Crippen LogP contribution in [0, 0.1) is 12.8 Å². The van der Waals surface area contributed by atoms with Crippen LogP contribution in [0.5, 0.6) is 5.75 Å². The molecule has 0 amide bonds. The van der Waals surface area contributed by atoms with E-state index in [1.165, 1.54) is 32.1 Å². The van der Waals surface area contributed by atoms with Gasteiger partial charge in [-0.15, -0.1) is 0 Å². The second-order valence-electron chi connectivity index (χ2n) is 5.90. The zero-order valence-corrected chi connectivity index (χ0v) is 12.7. The molecule has 3 nitrogen and oxygen atoms in total. The monoisotopic (exact) mass is 277 g/mol. The lowest BCUT2D eigenvalue weighted by Gasteiger charge is -2.17. The lowest BCUT2D eigenvalue weighted by molar-refractivity contribution is 0.170. The van der Waals surface area contributed by atoms with E-state index in [9.17, 15) is 5.11 Å². The van der Waals surface area contributed by atoms with Crippen molar-refractivity contribution in [3.8, 4) is 5.75 Å². The van der Waals surface area contributed by atoms with Gasteiger partial charge >= 0.3 is 0 Å². The predicted octanol–water partition coefficient (Wildman–Crippen LogP) is 3.21. The maximum absolute atomic E-state index is 10.3. The van der Waals surface area contributed by atoms with Gasteiger partial charge in [-0.2, -0.15) is 0 Å². The van der Waals surface area contributed by atoms with Gasteiger partial charge in [0, 0.05) is 12.1 Å². The number of rotatable bonds is 7. The third kappa shape index (κ3) is 4.22. The molecule has 0 radical (unpaired) electrons. The second kappa shape index (κ2) is 7.65. The Morgan fingerprint density at radius 2 is 2.10 bits per heavy atom. The van der Waals surface area contributed by atoms with Gasteiger partial charge < -0.3 is 15.2 Å². The molecule has 1 aliphatic rings. The number of methoxy groups -OCH3 is 1. The Bertz CT molecular complexity index is 413. The molecule has 2 rings (SSSR count). The fraction of sp³-hybridized carbons (Fsp3) is 0.647. The van der Waals surface area contributed by atoms with E-state index in [-0.39, 0.29) is 0 Å². The van der Waals surface area contributed by atoms with E-state index in [1.807, 2.05) is 25.1 Å². The maximum atomic E-state index is 10.3. The van der Waals surface area contributed by atoms with E-state index < -0.39 is 6.10 Å². The molecule has 3 heteroatoms. The van der Waals surface area contributed by atoms with Crippen LogP contribution in [0.2, 0.25) is 0 Å². The number of hydrogen-bond donors (Lipinski definition) is 2. The van der Waals surface area contributed by atoms with Crippen LogP contribution in [0.3, 0.4) is 0 Å². The van der Waals surface area contributed by atoms with E-state index in [2.05, 4.69) is 5.32 Å². The molecule has 0 spiro atoms. The summed E-state index contributed by atoms with van der Waals surface area (Å²) in [5, 5.41) is 13.7. The van der Waals surface area contributed by atoms with Crippen LogP contribution in [0.1, 0.15) is 49.3 Å². The Balaban J connectivity index is 1.78. The van der Waals surface area contributed by atoms with Crippen LogP contribution >= 0.6 is 0 Å². The number of ether oxygens (including phenoxy) is 1. The molecule has 1 saturated carbocycles. The lowest BCUT2D eigenvalue weighted by atomic mass is 10.0. The molecule has 1 atom stereocenters. The molecule has 1 aromatic rings. The van der Waals surface area contributed by atoms with E-state index in [1.54, 1.807) is 7.11 Å². The van der Waals surface area contributed by atoms with Gasteiger partial charge in [0.05, 0.1) is 13.2 Å². The smallest absolute Gasteiger partial charge is 0.124 e. The van der Waals surface area contributed by atoms with Crippen molar-refractivity contribution in [3.05, 3.63) is 29.3 Å². The summed E-state index contributed by atoms with van der Waals surface area (Å²) < 4.78 is 5.32. The highest BCUT2D eigenvalue weighted by atomic mass is 16.5. The SMILES string of the molecule is COc1ccc(C)cc1C(O)CNCCC1CCCC1. The van der Waals surface area contributed by atoms with Crippen molar-refractivity contribution in [2.75, 3.05) is 20.2 Å². The van der Waals surface area contributed by atoms with Crippen molar-refractivity contribution in [3.63, 3.8) is 0 Å². The zero-order valence-electron chi connectivity index (χ0n) is 12.7. The Kier molecular flexibility index (Phi) is 5.86. The lowest BCUT2D eigenvalue weighted by Crippen LogP contribution is -2.24. The number of aliphatic hydroxyl groups is 1. The van der Waals surface area contributed by atoms with Gasteiger partial charge in [-0.3, -0.25) is 0 Å². The molecule has 0 saturated heterocycles. The molecular formula is C17H27NO2. The summed E-state index contributed by atoms with van der Waals surface area (Å²) >= 11 is 0. The Morgan fingerprint density at radius 1 is 1.35 bits per heavy atom. The van der Waals surface area contributed by atoms with Crippen molar-refractivity contribution in [1.82, 2.24) is 5.32 Å². The zero-order chi connectivity index (χ0) is 14.4. The van der Waals surface area contributed by atoms with E-state index in [4.69, 9.17) is 4.74 Å². The van der Waals surface area contributed by atoms with Gasteiger partial charge in [0.1, 0.15) is 5.75 Å². The third-order valence-corrected chi connectivity index (χ3v) is 4.29. The van der Waals surface area contributed by atoms with E-state index in [0.29, 0.717) is 6.54 Å². The Labute approximate surface area is 122 Å². The van der Waals surface area contributed by atoms with Gasteiger partial charge in [0.2, 0.25) is 0 Å². The van der Waals surface area contributed by atoms with Crippen molar-refractivity contribution in [2.24, 2.45) is 5.92 Å². The molecule has 0 bridgehead atoms. The van der Waals surface area contributed by atoms with Gasteiger partial charge in [0.15, 0.2) is 0 Å². The topological polar surface area (TPSA) is 41.5 Å². The van der Waals surface area contributed by atoms with Crippen LogP contribution in [-0.2, 0) is 0 Å². The minimum atomic E-state index is -0.506. The number of benzene rings is 1. The largest absolute Gasteiger partial charge is 0.496 e. The van der Waals surface area contributed by atoms with Gasteiger partial charge in [0.25, 0.3) is 0 Å². The summed E-state index contributed by atoms with van der Waals surface area (Å²) in [6.45, 7) is 3.62. The molecule has 1 aliphatic carbocycles. The van der Waals surface area contributed by atoms with Crippen LogP contribution in [-0.4, -0.2) is 25.3 Å². The fourth-order valence-corrected chi connectivity index (χ4v) is 3.07. The minimum absolute atomic E-state index is 0.506. The Hall–Kier alpha value is -1.06. The Morgan fingerprint density at radius 3 is 2.80 bits per heavy atom. The first-order chi connectivity index (χ1) is 9.70. The number of hydrogen-bond acceptors (Lipinski definition) is 3. The van der Waals surface area contributed by atoms with Crippen LogP contribution < -0.4 is 10.1 Å². The minimum Gasteiger partial charge on any atom is -0.496 e. The number of aryl methyl sites for hydroxylation is 1. The highest BCUT2D eigenvalue weighted by Crippen LogP contribution is 2.27. The first kappa shape index (κ1) is 15.3. The van der Waals surface area contributed by atoms with Crippen molar-refractivity contribution >= 4 is 0 Å². The molecule has 0 aromatic heterocycles. The molecule has 0 aliphatic heterocycles. The van der Waals surface area contributed by atoms with E-state index in [0.717, 1.165) is 29.3 Å². The van der Waals surface area contributed by atoms with Gasteiger partial charge in [-0.25, -0.2) is 0 Å². The summed E-state index contributed by atoms with van der Waals surface area (Å²) in [5.41, 5.74) is 2.02. The summed E-state index contributed by atoms with van der Waals surface area (Å²) in [6.07, 6.45) is 6.29. The van der Waals surface area contributed by atoms with Crippen molar-refractivity contribution in [1.29, 1.82) is 0 Å². The van der Waals surface area contributed by atoms with Gasteiger partial charge in [-0.05, 0) is 37.9 Å². The molecular weight excluding hydrogens is 250 g/mol. The summed E-state index contributed by atoms with van der Waals surface area (Å²) in [5.74, 6) is 1.66. The second-order valence-corrected chi connectivity index (χ2v) is 5.90. The predicted molar refractivity (Wildman–Crippen MR) is 82.1 cm³/mol. The molecule has 1 unspecified atom stereocenters. The van der Waals surface area contributed by atoms with Crippen LogP contribution in [0.25, 0.3) is 0 Å². The van der Waals surface area contributed by atoms with Crippen molar-refractivity contribution < 1.29 is 9.84 Å². The van der Waals surface area contributed by atoms with Gasteiger partial charge in [-0.1, -0.05) is 37.3 Å². The van der Waals surface area contributed by atoms with Crippen LogP contribution in [0.15, 0.2) is 18.2 Å². The first-order valence-electron chi connectivity index (χ1n) is 7.74. The maximum Gasteiger partial charge on any atom is 0.124 e. The fourth-order valence-electron chi connectivity index (χ4n) is 3.07. The van der Waals surface area contributed by atoms with E-state index >= 15 is 0 Å². The highest BCUT2D eigenvalue weighted by molar-refractivity contribution is 5.38. The van der Waals surface area contributed by atoms with Crippen LogP contribution in [0.4, 0.5) is 0 Å². The first-order valence-corrected chi connectivity index (χ1v) is 7.74. The summed E-state index contributed by atoms with van der Waals surface area (Å²) in [4.78, 5) is 0. The van der Waals surface area contributed by atoms with Crippen molar-refractivity contribution in [2.45, 2.75) is 45.1 Å². The number of aliphatic hydroxyl groups excluding tert-OH is 1. The third-order valence-electron chi connectivity index (χ3n) is 4.29. The standard InChI is InChI=1S/C17H27NO2/c1-13-7-8-17(20-2)15(11-13)16(19)12-18-10-9-14-5-3-4-6-14/h7-8,11,14,16,18-19H,3-6,9-10,12H2,1-2H3. The summed E-state index contributed by atoms with van der Waals surface area (Å²) in [7, 11) is 1.65. The molecule has 1 fully saturated rings. The molecule has 2 N–H and O–H groups in total. The normalized spacial score (nSPS) is 17.4. The molecule has 112 valence electrons. The molecule has 0 heterocycles. The summed E-state index contributed by atoms with van der Waals surface area (Å²) in [6, 6.07) is 5.93. The highest BCUT2D eigenvalue weighted by Gasteiger charge is 2.16. The average molecular weight is 277 g/mol. The average Bonchev–Trinajstić information content (AvgIpc) is 2.96. The quantitative estimate of drug-likeness (QED) is 0.752.